The highest BCUT2D eigenvalue weighted by Crippen LogP contribution is 2.26. The first kappa shape index (κ1) is 14.7. The van der Waals surface area contributed by atoms with Crippen molar-refractivity contribution in [1.82, 2.24) is 4.98 Å². The van der Waals surface area contributed by atoms with Gasteiger partial charge in [-0.25, -0.2) is 13.4 Å². The predicted molar refractivity (Wildman–Crippen MR) is 87.4 cm³/mol. The van der Waals surface area contributed by atoms with Gasteiger partial charge >= 0.3 is 0 Å². The van der Waals surface area contributed by atoms with Crippen LogP contribution in [-0.4, -0.2) is 35.9 Å². The summed E-state index contributed by atoms with van der Waals surface area (Å²) < 4.78 is 23.8. The Balaban J connectivity index is 1.83. The van der Waals surface area contributed by atoms with Gasteiger partial charge in [-0.15, -0.1) is 0 Å². The van der Waals surface area contributed by atoms with E-state index in [9.17, 15) is 8.42 Å². The number of nitrogens with two attached hydrogens (primary N) is 1. The lowest BCUT2D eigenvalue weighted by atomic mass is 10.1. The van der Waals surface area contributed by atoms with Crippen LogP contribution in [0.2, 0.25) is 0 Å². The van der Waals surface area contributed by atoms with E-state index in [1.165, 1.54) is 5.56 Å². The summed E-state index contributed by atoms with van der Waals surface area (Å²) in [5.41, 5.74) is 8.78. The molecule has 3 rings (SSSR count). The minimum Gasteiger partial charge on any atom is -0.389 e. The van der Waals surface area contributed by atoms with Crippen LogP contribution >= 0.6 is 12.2 Å². The molecule has 2 heterocycles. The van der Waals surface area contributed by atoms with Gasteiger partial charge in [-0.05, 0) is 43.7 Å². The molecule has 0 aromatic carbocycles. The summed E-state index contributed by atoms with van der Waals surface area (Å²) in [7, 11) is -2.96. The molecule has 0 radical (unpaired) electrons. The third-order valence-electron chi connectivity index (χ3n) is 4.28. The van der Waals surface area contributed by atoms with Crippen LogP contribution in [0, 0.1) is 0 Å². The predicted octanol–water partition coefficient (Wildman–Crippen LogP) is 1.19. The molecule has 0 spiro atoms. The highest BCUT2D eigenvalue weighted by atomic mass is 32.2. The Hall–Kier alpha value is -1.21. The van der Waals surface area contributed by atoms with Crippen molar-refractivity contribution < 1.29 is 8.42 Å². The van der Waals surface area contributed by atoms with Gasteiger partial charge in [-0.2, -0.15) is 0 Å². The van der Waals surface area contributed by atoms with E-state index in [0.717, 1.165) is 36.9 Å². The van der Waals surface area contributed by atoms with Crippen molar-refractivity contribution >= 4 is 32.9 Å². The summed E-state index contributed by atoms with van der Waals surface area (Å²) in [6, 6.07) is 2.00. The molecule has 2 aliphatic rings. The number of hydrogen-bond donors (Lipinski definition) is 2. The largest absolute Gasteiger partial charge is 0.389 e. The fourth-order valence-corrected chi connectivity index (χ4v) is 5.01. The molecule has 114 valence electrons. The number of fused-ring (bicyclic) bond motifs is 1. The zero-order valence-corrected chi connectivity index (χ0v) is 13.4. The molecule has 1 aliphatic carbocycles. The number of aryl methyl sites for hydroxylation is 2. The molecule has 1 saturated heterocycles. The minimum atomic E-state index is -2.96. The van der Waals surface area contributed by atoms with Crippen LogP contribution in [0.15, 0.2) is 6.07 Å². The highest BCUT2D eigenvalue weighted by Gasteiger charge is 2.31. The molecule has 21 heavy (non-hydrogen) atoms. The molecule has 1 unspecified atom stereocenters. The Kier molecular flexibility index (Phi) is 3.88. The van der Waals surface area contributed by atoms with Gasteiger partial charge in [0.05, 0.1) is 16.6 Å². The second-order valence-corrected chi connectivity index (χ2v) is 8.56. The zero-order valence-electron chi connectivity index (χ0n) is 11.8. The molecule has 1 fully saturated rings. The summed E-state index contributed by atoms with van der Waals surface area (Å²) in [4.78, 5) is 4.91. The van der Waals surface area contributed by atoms with E-state index in [0.29, 0.717) is 29.5 Å². The van der Waals surface area contributed by atoms with Crippen molar-refractivity contribution in [2.75, 3.05) is 17.6 Å². The summed E-state index contributed by atoms with van der Waals surface area (Å²) in [6.07, 6.45) is 4.52. The number of aromatic nitrogens is 1. The van der Waals surface area contributed by atoms with Gasteiger partial charge < -0.3 is 11.1 Å². The van der Waals surface area contributed by atoms with Gasteiger partial charge in [0.15, 0.2) is 9.84 Å². The van der Waals surface area contributed by atoms with Crippen molar-refractivity contribution in [2.45, 2.75) is 37.4 Å². The van der Waals surface area contributed by atoms with Crippen LogP contribution in [0.4, 0.5) is 5.82 Å². The van der Waals surface area contributed by atoms with Gasteiger partial charge in [0.1, 0.15) is 10.8 Å². The average molecular weight is 325 g/mol. The molecule has 0 saturated carbocycles. The molecule has 0 bridgehead atoms. The standard InChI is InChI=1S/C14H19N3O2S2/c15-13(20)11-7-9-3-1-5-12(9)17-14(11)16-8-10-4-2-6-21(10,18)19/h7,10H,1-6,8H2,(H2,15,20)(H,16,17). The molecule has 7 heteroatoms. The summed E-state index contributed by atoms with van der Waals surface area (Å²) in [5, 5.41) is 2.84. The van der Waals surface area contributed by atoms with Crippen molar-refractivity contribution in [1.29, 1.82) is 0 Å². The Bertz CT molecular complexity index is 686. The molecule has 1 aliphatic heterocycles. The number of anilines is 1. The molecule has 1 atom stereocenters. The molecule has 3 N–H and O–H groups in total. The third-order valence-corrected chi connectivity index (χ3v) is 6.77. The number of nitrogens with one attached hydrogen (secondary N) is 1. The van der Waals surface area contributed by atoms with Gasteiger partial charge in [0.2, 0.25) is 0 Å². The molecule has 5 nitrogen and oxygen atoms in total. The lowest BCUT2D eigenvalue weighted by Gasteiger charge is -2.15. The van der Waals surface area contributed by atoms with Crippen molar-refractivity contribution in [2.24, 2.45) is 5.73 Å². The maximum Gasteiger partial charge on any atom is 0.154 e. The van der Waals surface area contributed by atoms with Crippen LogP contribution < -0.4 is 11.1 Å². The number of thiocarbonyl (C=S) groups is 1. The summed E-state index contributed by atoms with van der Waals surface area (Å²) >= 11 is 5.09. The van der Waals surface area contributed by atoms with Gasteiger partial charge in [0.25, 0.3) is 0 Å². The van der Waals surface area contributed by atoms with Crippen molar-refractivity contribution in [3.63, 3.8) is 0 Å². The Morgan fingerprint density at radius 3 is 2.90 bits per heavy atom. The van der Waals surface area contributed by atoms with Crippen molar-refractivity contribution in [3.8, 4) is 0 Å². The van der Waals surface area contributed by atoms with E-state index in [-0.39, 0.29) is 5.25 Å². The number of rotatable bonds is 4. The number of nitrogens with zero attached hydrogens (tertiary/aromatic N) is 1. The normalized spacial score (nSPS) is 23.0. The quantitative estimate of drug-likeness (QED) is 0.809. The first-order valence-corrected chi connectivity index (χ1v) is 9.38. The molecular formula is C14H19N3O2S2. The maximum absolute atomic E-state index is 11.9. The van der Waals surface area contributed by atoms with Gasteiger partial charge in [0, 0.05) is 12.2 Å². The zero-order chi connectivity index (χ0) is 15.0. The average Bonchev–Trinajstić information content (AvgIpc) is 3.00. The van der Waals surface area contributed by atoms with Crippen LogP contribution in [0.5, 0.6) is 0 Å². The maximum atomic E-state index is 11.9. The first-order valence-electron chi connectivity index (χ1n) is 7.25. The fraction of sp³-hybridized carbons (Fsp3) is 0.571. The van der Waals surface area contributed by atoms with Crippen LogP contribution in [-0.2, 0) is 22.7 Å². The van der Waals surface area contributed by atoms with E-state index >= 15 is 0 Å². The molecule has 1 aromatic heterocycles. The van der Waals surface area contributed by atoms with E-state index in [4.69, 9.17) is 18.0 Å². The summed E-state index contributed by atoms with van der Waals surface area (Å²) in [6.45, 7) is 0.379. The van der Waals surface area contributed by atoms with Gasteiger partial charge in [-0.3, -0.25) is 0 Å². The topological polar surface area (TPSA) is 85.1 Å². The Labute approximate surface area is 130 Å². The second kappa shape index (κ2) is 5.53. The van der Waals surface area contributed by atoms with Gasteiger partial charge in [-0.1, -0.05) is 12.2 Å². The second-order valence-electron chi connectivity index (χ2n) is 5.72. The smallest absolute Gasteiger partial charge is 0.154 e. The molecule has 1 aromatic rings. The van der Waals surface area contributed by atoms with E-state index in [1.54, 1.807) is 0 Å². The van der Waals surface area contributed by atoms with Crippen molar-refractivity contribution in [3.05, 3.63) is 22.9 Å². The Morgan fingerprint density at radius 2 is 2.24 bits per heavy atom. The molecule has 0 amide bonds. The van der Waals surface area contributed by atoms with Crippen LogP contribution in [0.3, 0.4) is 0 Å². The molecular weight excluding hydrogens is 306 g/mol. The fourth-order valence-electron chi connectivity index (χ4n) is 3.09. The van der Waals surface area contributed by atoms with E-state index in [1.807, 2.05) is 6.07 Å². The van der Waals surface area contributed by atoms with Crippen LogP contribution in [0.25, 0.3) is 0 Å². The monoisotopic (exact) mass is 325 g/mol. The SMILES string of the molecule is NC(=S)c1cc2c(nc1NCC1CCCS1(=O)=O)CCC2. The number of pyridine rings is 1. The third kappa shape index (κ3) is 2.89. The van der Waals surface area contributed by atoms with E-state index < -0.39 is 9.84 Å². The lowest BCUT2D eigenvalue weighted by molar-refractivity contribution is 0.591. The number of hydrogen-bond acceptors (Lipinski definition) is 5. The number of sulfone groups is 1. The van der Waals surface area contributed by atoms with Crippen LogP contribution in [0.1, 0.15) is 36.1 Å². The first-order chi connectivity index (χ1) is 9.97. The Morgan fingerprint density at radius 1 is 1.43 bits per heavy atom. The summed E-state index contributed by atoms with van der Waals surface area (Å²) in [5.74, 6) is 0.921. The lowest BCUT2D eigenvalue weighted by Crippen LogP contribution is -2.26. The minimum absolute atomic E-state index is 0.291. The highest BCUT2D eigenvalue weighted by molar-refractivity contribution is 7.92. The van der Waals surface area contributed by atoms with E-state index in [2.05, 4.69) is 10.3 Å².